The van der Waals surface area contributed by atoms with E-state index >= 15 is 0 Å². The molecular weight excluding hydrogens is 224 g/mol. The molecule has 2 aliphatic rings. The van der Waals surface area contributed by atoms with Gasteiger partial charge in [-0.15, -0.1) is 0 Å². The minimum atomic E-state index is 0.488. The first-order valence-corrected chi connectivity index (χ1v) is 6.90. The van der Waals surface area contributed by atoms with E-state index in [1.165, 1.54) is 19.4 Å². The van der Waals surface area contributed by atoms with Gasteiger partial charge in [0, 0.05) is 44.6 Å². The highest BCUT2D eigenvalue weighted by molar-refractivity contribution is 5.30. The molecule has 2 fully saturated rings. The summed E-state index contributed by atoms with van der Waals surface area (Å²) in [4.78, 5) is 13.7. The van der Waals surface area contributed by atoms with Crippen LogP contribution in [0.25, 0.3) is 0 Å². The van der Waals surface area contributed by atoms with Gasteiger partial charge in [-0.1, -0.05) is 13.8 Å². The topological polar surface area (TPSA) is 32.3 Å². The number of piperidine rings is 1. The largest absolute Gasteiger partial charge is 0.338 e. The second kappa shape index (κ2) is 4.50. The molecule has 0 saturated carbocycles. The molecule has 3 rings (SSSR count). The fourth-order valence-corrected chi connectivity index (χ4v) is 3.20. The average molecular weight is 246 g/mol. The Hall–Kier alpha value is -1.16. The first-order chi connectivity index (χ1) is 8.64. The van der Waals surface area contributed by atoms with Gasteiger partial charge in [0.25, 0.3) is 0 Å². The van der Waals surface area contributed by atoms with Crippen LogP contribution in [0.3, 0.4) is 0 Å². The van der Waals surface area contributed by atoms with Crippen LogP contribution in [0.2, 0.25) is 0 Å². The van der Waals surface area contributed by atoms with Crippen molar-refractivity contribution in [3.05, 3.63) is 18.5 Å². The zero-order valence-electron chi connectivity index (χ0n) is 11.3. The Balaban J connectivity index is 1.69. The second-order valence-corrected chi connectivity index (χ2v) is 6.32. The highest BCUT2D eigenvalue weighted by Gasteiger charge is 2.36. The highest BCUT2D eigenvalue weighted by Crippen LogP contribution is 2.33. The minimum absolute atomic E-state index is 0.488. The van der Waals surface area contributed by atoms with Crippen molar-refractivity contribution in [2.75, 3.05) is 31.1 Å². The molecule has 3 heterocycles. The van der Waals surface area contributed by atoms with Crippen LogP contribution in [0.1, 0.15) is 26.7 Å². The Kier molecular flexibility index (Phi) is 2.98. The number of aromatic nitrogens is 2. The molecule has 1 unspecified atom stereocenters. The molecule has 0 radical (unpaired) electrons. The third kappa shape index (κ3) is 2.34. The van der Waals surface area contributed by atoms with E-state index in [0.717, 1.165) is 25.6 Å². The summed E-state index contributed by atoms with van der Waals surface area (Å²) >= 11 is 0. The lowest BCUT2D eigenvalue weighted by Gasteiger charge is -2.49. The zero-order valence-corrected chi connectivity index (χ0v) is 11.3. The average Bonchev–Trinajstić information content (AvgIpc) is 2.38. The first kappa shape index (κ1) is 11.9. The van der Waals surface area contributed by atoms with E-state index in [-0.39, 0.29) is 0 Å². The van der Waals surface area contributed by atoms with Crippen LogP contribution in [0.4, 0.5) is 5.95 Å². The van der Waals surface area contributed by atoms with Crippen LogP contribution < -0.4 is 4.90 Å². The van der Waals surface area contributed by atoms with Gasteiger partial charge in [-0.2, -0.15) is 0 Å². The Bertz CT molecular complexity index is 404. The summed E-state index contributed by atoms with van der Waals surface area (Å²) < 4.78 is 0. The number of rotatable bonds is 1. The number of hydrogen-bond acceptors (Lipinski definition) is 4. The highest BCUT2D eigenvalue weighted by atomic mass is 15.3. The molecule has 18 heavy (non-hydrogen) atoms. The number of hydrogen-bond donors (Lipinski definition) is 0. The van der Waals surface area contributed by atoms with Crippen LogP contribution >= 0.6 is 0 Å². The van der Waals surface area contributed by atoms with E-state index in [0.29, 0.717) is 11.5 Å². The van der Waals surface area contributed by atoms with Crippen LogP contribution in [0.15, 0.2) is 18.5 Å². The molecule has 0 amide bonds. The van der Waals surface area contributed by atoms with E-state index in [2.05, 4.69) is 33.6 Å². The standard InChI is InChI=1S/C14H22N4/c1-14(2)5-4-12-10-17(8-9-18(12)11-14)13-15-6-3-7-16-13/h3,6-7,12H,4-5,8-11H2,1-2H3. The van der Waals surface area contributed by atoms with Crippen molar-refractivity contribution in [2.45, 2.75) is 32.7 Å². The van der Waals surface area contributed by atoms with Gasteiger partial charge in [-0.25, -0.2) is 9.97 Å². The maximum Gasteiger partial charge on any atom is 0.225 e. The molecule has 1 atom stereocenters. The van der Waals surface area contributed by atoms with E-state index < -0.39 is 0 Å². The van der Waals surface area contributed by atoms with Gasteiger partial charge in [0.15, 0.2) is 0 Å². The van der Waals surface area contributed by atoms with E-state index in [4.69, 9.17) is 0 Å². The summed E-state index contributed by atoms with van der Waals surface area (Å²) in [5, 5.41) is 0. The summed E-state index contributed by atoms with van der Waals surface area (Å²) in [7, 11) is 0. The lowest BCUT2D eigenvalue weighted by atomic mass is 9.80. The number of nitrogens with zero attached hydrogens (tertiary/aromatic N) is 4. The fourth-order valence-electron chi connectivity index (χ4n) is 3.20. The van der Waals surface area contributed by atoms with E-state index in [1.807, 2.05) is 18.5 Å². The van der Waals surface area contributed by atoms with Crippen LogP contribution in [-0.4, -0.2) is 47.1 Å². The SMILES string of the molecule is CC1(C)CCC2CN(c3ncccn3)CCN2C1. The van der Waals surface area contributed by atoms with Gasteiger partial charge in [0.1, 0.15) is 0 Å². The maximum atomic E-state index is 4.36. The molecule has 1 aromatic heterocycles. The van der Waals surface area contributed by atoms with Crippen molar-refractivity contribution < 1.29 is 0 Å². The lowest BCUT2D eigenvalue weighted by Crippen LogP contribution is -2.58. The number of anilines is 1. The molecule has 4 nitrogen and oxygen atoms in total. The Morgan fingerprint density at radius 1 is 1.22 bits per heavy atom. The van der Waals surface area contributed by atoms with Crippen LogP contribution in [0.5, 0.6) is 0 Å². The Morgan fingerprint density at radius 2 is 2.00 bits per heavy atom. The van der Waals surface area contributed by atoms with Crippen molar-refractivity contribution in [3.63, 3.8) is 0 Å². The Labute approximate surface area is 109 Å². The summed E-state index contributed by atoms with van der Waals surface area (Å²) in [5.41, 5.74) is 0.488. The minimum Gasteiger partial charge on any atom is -0.338 e. The molecule has 0 aromatic carbocycles. The first-order valence-electron chi connectivity index (χ1n) is 6.90. The van der Waals surface area contributed by atoms with Crippen molar-refractivity contribution in [2.24, 2.45) is 5.41 Å². The third-order valence-corrected chi connectivity index (χ3v) is 4.23. The van der Waals surface area contributed by atoms with Gasteiger partial charge >= 0.3 is 0 Å². The van der Waals surface area contributed by atoms with Crippen LogP contribution in [0, 0.1) is 5.41 Å². The predicted octanol–water partition coefficient (Wildman–Crippen LogP) is 1.79. The van der Waals surface area contributed by atoms with E-state index in [1.54, 1.807) is 0 Å². The smallest absolute Gasteiger partial charge is 0.225 e. The lowest BCUT2D eigenvalue weighted by molar-refractivity contribution is 0.0547. The third-order valence-electron chi connectivity index (χ3n) is 4.23. The van der Waals surface area contributed by atoms with Gasteiger partial charge < -0.3 is 4.90 Å². The van der Waals surface area contributed by atoms with Gasteiger partial charge in [-0.3, -0.25) is 4.90 Å². The molecule has 0 aliphatic carbocycles. The molecule has 0 N–H and O–H groups in total. The molecule has 1 aromatic rings. The summed E-state index contributed by atoms with van der Waals surface area (Å²) in [6, 6.07) is 2.57. The predicted molar refractivity (Wildman–Crippen MR) is 72.6 cm³/mol. The number of fused-ring (bicyclic) bond motifs is 1. The summed E-state index contributed by atoms with van der Waals surface area (Å²) in [6.45, 7) is 9.29. The van der Waals surface area contributed by atoms with Crippen molar-refractivity contribution in [3.8, 4) is 0 Å². The van der Waals surface area contributed by atoms with Crippen LogP contribution in [-0.2, 0) is 0 Å². The maximum absolute atomic E-state index is 4.36. The van der Waals surface area contributed by atoms with Gasteiger partial charge in [0.2, 0.25) is 5.95 Å². The molecule has 2 aliphatic heterocycles. The molecule has 0 spiro atoms. The van der Waals surface area contributed by atoms with Gasteiger partial charge in [0.05, 0.1) is 0 Å². The van der Waals surface area contributed by atoms with Crippen molar-refractivity contribution in [1.29, 1.82) is 0 Å². The molecular formula is C14H22N4. The molecule has 4 heteroatoms. The quantitative estimate of drug-likeness (QED) is 0.756. The molecule has 2 saturated heterocycles. The monoisotopic (exact) mass is 246 g/mol. The fraction of sp³-hybridized carbons (Fsp3) is 0.714. The Morgan fingerprint density at radius 3 is 2.78 bits per heavy atom. The number of piperazine rings is 1. The van der Waals surface area contributed by atoms with Crippen molar-refractivity contribution in [1.82, 2.24) is 14.9 Å². The van der Waals surface area contributed by atoms with E-state index in [9.17, 15) is 0 Å². The summed E-state index contributed by atoms with van der Waals surface area (Å²) in [6.07, 6.45) is 6.30. The molecule has 0 bridgehead atoms. The zero-order chi connectivity index (χ0) is 12.6. The van der Waals surface area contributed by atoms with Gasteiger partial charge in [-0.05, 0) is 24.3 Å². The molecule has 98 valence electrons. The summed E-state index contributed by atoms with van der Waals surface area (Å²) in [5.74, 6) is 0.891. The van der Waals surface area contributed by atoms with Crippen molar-refractivity contribution >= 4 is 5.95 Å². The normalized spacial score (nSPS) is 27.9. The second-order valence-electron chi connectivity index (χ2n) is 6.32.